The van der Waals surface area contributed by atoms with Crippen molar-refractivity contribution in [3.05, 3.63) is 188 Å². The van der Waals surface area contributed by atoms with Gasteiger partial charge in [0.25, 0.3) is 0 Å². The molecule has 4 nitrogen and oxygen atoms in total. The molecule has 0 aliphatic heterocycles. The zero-order valence-electron chi connectivity index (χ0n) is 28.6. The molecule has 2 heterocycles. The molecule has 8 aromatic carbocycles. The molecule has 0 spiro atoms. The topological polar surface area (TPSA) is 51.8 Å². The van der Waals surface area contributed by atoms with Crippen LogP contribution in [0.15, 0.2) is 192 Å². The predicted octanol–water partition coefficient (Wildman–Crippen LogP) is 12.9. The summed E-state index contributed by atoms with van der Waals surface area (Å²) in [6.07, 6.45) is 0. The summed E-state index contributed by atoms with van der Waals surface area (Å²) in [6.45, 7) is 0. The van der Waals surface area contributed by atoms with Crippen LogP contribution in [0.5, 0.6) is 0 Å². The van der Waals surface area contributed by atoms with Crippen molar-refractivity contribution in [3.8, 4) is 67.5 Å². The van der Waals surface area contributed by atoms with Crippen LogP contribution >= 0.6 is 0 Å². The molecule has 0 aliphatic carbocycles. The van der Waals surface area contributed by atoms with E-state index in [-0.39, 0.29) is 0 Å². The van der Waals surface area contributed by atoms with Crippen LogP contribution in [-0.4, -0.2) is 15.0 Å². The van der Waals surface area contributed by atoms with E-state index >= 15 is 0 Å². The van der Waals surface area contributed by atoms with Crippen molar-refractivity contribution in [2.24, 2.45) is 0 Å². The molecule has 0 radical (unpaired) electrons. The van der Waals surface area contributed by atoms with Crippen LogP contribution in [0.25, 0.3) is 100 Å². The third kappa shape index (κ3) is 5.73. The number of aromatic nitrogens is 3. The normalized spacial score (nSPS) is 11.4. The quantitative estimate of drug-likeness (QED) is 0.176. The van der Waals surface area contributed by atoms with Crippen LogP contribution in [0.3, 0.4) is 0 Å². The van der Waals surface area contributed by atoms with Crippen molar-refractivity contribution < 1.29 is 4.42 Å². The second kappa shape index (κ2) is 12.9. The average Bonchev–Trinajstić information content (AvgIpc) is 3.62. The molecule has 0 atom stereocenters. The first-order chi connectivity index (χ1) is 26.2. The minimum Gasteiger partial charge on any atom is -0.456 e. The minimum atomic E-state index is 0.601. The molecule has 0 fully saturated rings. The molecule has 2 aromatic heterocycles. The highest BCUT2D eigenvalue weighted by atomic mass is 16.3. The molecule has 0 unspecified atom stereocenters. The molecule has 10 aromatic rings. The molecular weight excluding hydrogens is 647 g/mol. The Bertz CT molecular complexity index is 2810. The highest BCUT2D eigenvalue weighted by Crippen LogP contribution is 2.39. The summed E-state index contributed by atoms with van der Waals surface area (Å²) in [5, 5.41) is 4.51. The Kier molecular flexibility index (Phi) is 7.43. The lowest BCUT2D eigenvalue weighted by atomic mass is 9.96. The van der Waals surface area contributed by atoms with Gasteiger partial charge in [0.1, 0.15) is 11.2 Å². The van der Waals surface area contributed by atoms with Crippen LogP contribution in [-0.2, 0) is 0 Å². The Balaban J connectivity index is 1.11. The summed E-state index contributed by atoms with van der Waals surface area (Å²) in [4.78, 5) is 15.2. The second-order valence-electron chi connectivity index (χ2n) is 13.2. The molecule has 0 aliphatic rings. The van der Waals surface area contributed by atoms with Crippen LogP contribution in [0.1, 0.15) is 0 Å². The lowest BCUT2D eigenvalue weighted by Crippen LogP contribution is -2.00. The van der Waals surface area contributed by atoms with Gasteiger partial charge in [-0.05, 0) is 74.5 Å². The zero-order chi connectivity index (χ0) is 35.1. The van der Waals surface area contributed by atoms with Crippen LogP contribution < -0.4 is 0 Å². The smallest absolute Gasteiger partial charge is 0.164 e. The van der Waals surface area contributed by atoms with Gasteiger partial charge in [-0.1, -0.05) is 158 Å². The third-order valence-electron chi connectivity index (χ3n) is 9.95. The molecule has 0 amide bonds. The maximum absolute atomic E-state index is 6.42. The van der Waals surface area contributed by atoms with E-state index in [4.69, 9.17) is 19.4 Å². The Morgan fingerprint density at radius 1 is 0.302 bits per heavy atom. The SMILES string of the molecule is c1ccc(-c2ccc(-c3nc(-c4ccc(-c5ccccc5)cc4)nc(-c4ccc5oc6cccc(-c7ccc8ccccc8c7)c6c5c4)n3)cc2)cc1. The molecule has 248 valence electrons. The molecule has 0 bridgehead atoms. The maximum atomic E-state index is 6.42. The zero-order valence-corrected chi connectivity index (χ0v) is 28.6. The summed E-state index contributed by atoms with van der Waals surface area (Å²) in [5.74, 6) is 1.83. The minimum absolute atomic E-state index is 0.601. The fraction of sp³-hybridized carbons (Fsp3) is 0. The van der Waals surface area contributed by atoms with Gasteiger partial charge in [0.15, 0.2) is 17.5 Å². The van der Waals surface area contributed by atoms with E-state index in [1.165, 1.54) is 21.9 Å². The van der Waals surface area contributed by atoms with Gasteiger partial charge in [0.05, 0.1) is 0 Å². The van der Waals surface area contributed by atoms with Gasteiger partial charge in [-0.15, -0.1) is 0 Å². The first-order valence-electron chi connectivity index (χ1n) is 17.8. The summed E-state index contributed by atoms with van der Waals surface area (Å²) in [5.41, 5.74) is 11.3. The van der Waals surface area contributed by atoms with Crippen LogP contribution in [0, 0.1) is 0 Å². The van der Waals surface area contributed by atoms with Gasteiger partial charge >= 0.3 is 0 Å². The van der Waals surface area contributed by atoms with E-state index in [2.05, 4.69) is 158 Å². The number of hydrogen-bond acceptors (Lipinski definition) is 4. The fourth-order valence-corrected chi connectivity index (χ4v) is 7.21. The molecule has 0 N–H and O–H groups in total. The van der Waals surface area contributed by atoms with E-state index in [1.807, 2.05) is 30.3 Å². The van der Waals surface area contributed by atoms with E-state index < -0.39 is 0 Å². The number of hydrogen-bond donors (Lipinski definition) is 0. The van der Waals surface area contributed by atoms with Crippen molar-refractivity contribution in [1.82, 2.24) is 15.0 Å². The van der Waals surface area contributed by atoms with Crippen molar-refractivity contribution in [2.45, 2.75) is 0 Å². The van der Waals surface area contributed by atoms with Crippen molar-refractivity contribution >= 4 is 32.7 Å². The lowest BCUT2D eigenvalue weighted by molar-refractivity contribution is 0.669. The molecule has 4 heteroatoms. The Morgan fingerprint density at radius 3 is 1.42 bits per heavy atom. The van der Waals surface area contributed by atoms with Crippen LogP contribution in [0.4, 0.5) is 0 Å². The Hall–Kier alpha value is -7.17. The second-order valence-corrected chi connectivity index (χ2v) is 13.2. The number of rotatable bonds is 6. The van der Waals surface area contributed by atoms with E-state index in [9.17, 15) is 0 Å². The van der Waals surface area contributed by atoms with Gasteiger partial charge in [-0.25, -0.2) is 15.0 Å². The molecular formula is C49H31N3O. The Labute approximate surface area is 306 Å². The molecule has 0 saturated heterocycles. The predicted molar refractivity (Wildman–Crippen MR) is 217 cm³/mol. The standard InChI is InChI=1S/C49H31N3O/c1-3-10-32(11-4-1)35-18-23-37(24-19-35)47-50-48(38-25-20-36(21-26-38)33-12-5-2-6-13-33)52-49(51-47)41-28-29-44-43(31-41)46-42(16-9-17-45(46)53-44)40-27-22-34-14-7-8-15-39(34)30-40/h1-31H. The third-order valence-corrected chi connectivity index (χ3v) is 9.95. The highest BCUT2D eigenvalue weighted by molar-refractivity contribution is 6.13. The van der Waals surface area contributed by atoms with Gasteiger partial charge < -0.3 is 4.42 Å². The molecule has 10 rings (SSSR count). The number of fused-ring (bicyclic) bond motifs is 4. The van der Waals surface area contributed by atoms with Gasteiger partial charge in [0.2, 0.25) is 0 Å². The van der Waals surface area contributed by atoms with Gasteiger partial charge in [-0.2, -0.15) is 0 Å². The summed E-state index contributed by atoms with van der Waals surface area (Å²) < 4.78 is 6.42. The van der Waals surface area contributed by atoms with Crippen molar-refractivity contribution in [2.75, 3.05) is 0 Å². The van der Waals surface area contributed by atoms with E-state index in [0.717, 1.165) is 60.9 Å². The van der Waals surface area contributed by atoms with Crippen molar-refractivity contribution in [1.29, 1.82) is 0 Å². The molecule has 53 heavy (non-hydrogen) atoms. The van der Waals surface area contributed by atoms with E-state index in [0.29, 0.717) is 17.5 Å². The first-order valence-corrected chi connectivity index (χ1v) is 17.8. The monoisotopic (exact) mass is 677 g/mol. The van der Waals surface area contributed by atoms with Crippen molar-refractivity contribution in [3.63, 3.8) is 0 Å². The van der Waals surface area contributed by atoms with Crippen LogP contribution in [0.2, 0.25) is 0 Å². The van der Waals surface area contributed by atoms with Gasteiger partial charge in [-0.3, -0.25) is 0 Å². The van der Waals surface area contributed by atoms with Gasteiger partial charge in [0, 0.05) is 27.5 Å². The number of benzene rings is 8. The first kappa shape index (κ1) is 30.6. The number of nitrogens with zero attached hydrogens (tertiary/aromatic N) is 3. The summed E-state index contributed by atoms with van der Waals surface area (Å²) in [6, 6.07) is 65.2. The summed E-state index contributed by atoms with van der Waals surface area (Å²) in [7, 11) is 0. The summed E-state index contributed by atoms with van der Waals surface area (Å²) >= 11 is 0. The Morgan fingerprint density at radius 2 is 0.792 bits per heavy atom. The largest absolute Gasteiger partial charge is 0.456 e. The highest BCUT2D eigenvalue weighted by Gasteiger charge is 2.17. The number of furan rings is 1. The maximum Gasteiger partial charge on any atom is 0.164 e. The van der Waals surface area contributed by atoms with E-state index in [1.54, 1.807) is 0 Å². The average molecular weight is 678 g/mol. The lowest BCUT2D eigenvalue weighted by Gasteiger charge is -2.10. The molecule has 0 saturated carbocycles. The fourth-order valence-electron chi connectivity index (χ4n) is 7.21.